The van der Waals surface area contributed by atoms with Crippen molar-refractivity contribution in [3.05, 3.63) is 225 Å². The molecular formula is C62H58N2. The van der Waals surface area contributed by atoms with Gasteiger partial charge in [0, 0.05) is 45.7 Å². The monoisotopic (exact) mass is 830 g/mol. The molecule has 2 heteroatoms. The van der Waals surface area contributed by atoms with Gasteiger partial charge >= 0.3 is 0 Å². The molecule has 7 aromatic carbocycles. The molecule has 0 aromatic heterocycles. The van der Waals surface area contributed by atoms with Gasteiger partial charge in [-0.3, -0.25) is 0 Å². The van der Waals surface area contributed by atoms with Gasteiger partial charge in [-0.15, -0.1) is 0 Å². The van der Waals surface area contributed by atoms with Gasteiger partial charge in [-0.05, 0) is 162 Å². The average molecular weight is 831 g/mol. The summed E-state index contributed by atoms with van der Waals surface area (Å²) in [5.74, 6) is 0.424. The number of nitrogens with zero attached hydrogens (tertiary/aromatic N) is 2. The van der Waals surface area contributed by atoms with E-state index in [0.29, 0.717) is 0 Å². The highest BCUT2D eigenvalue weighted by molar-refractivity contribution is 5.97. The van der Waals surface area contributed by atoms with E-state index >= 15 is 0 Å². The van der Waals surface area contributed by atoms with E-state index in [9.17, 15) is 0 Å². The first kappa shape index (κ1) is 41.1. The number of anilines is 6. The molecule has 3 aliphatic rings. The van der Waals surface area contributed by atoms with E-state index in [1.165, 1.54) is 106 Å². The SMILES string of the molecule is Cc1cccc(N(c2cc(-c3ccccc3C)ccc2C)c2cc(N(c3cccc(C)c3)c3cc(-c4ccccc4C)ccc3C)c3c4c2C=CC2=CC(C(C)(C)C)=CC(C=C3)C24)c1. The Hall–Kier alpha value is -6.90. The molecule has 0 N–H and O–H groups in total. The molecule has 0 fully saturated rings. The average Bonchev–Trinajstić information content (AvgIpc) is 3.27. The molecule has 2 nitrogen and oxygen atoms in total. The molecule has 0 spiro atoms. The summed E-state index contributed by atoms with van der Waals surface area (Å²) in [5, 5.41) is 0. The zero-order valence-electron chi connectivity index (χ0n) is 38.8. The predicted molar refractivity (Wildman–Crippen MR) is 275 cm³/mol. The largest absolute Gasteiger partial charge is 0.310 e. The van der Waals surface area contributed by atoms with Crippen molar-refractivity contribution in [3.63, 3.8) is 0 Å². The van der Waals surface area contributed by atoms with Crippen molar-refractivity contribution in [1.82, 2.24) is 0 Å². The van der Waals surface area contributed by atoms with Gasteiger partial charge in [0.25, 0.3) is 0 Å². The van der Waals surface area contributed by atoms with E-state index in [2.05, 4.69) is 248 Å². The standard InChI is InChI=1S/C62H58N2/c1-39-16-14-20-50(32-39)63(56-36-45(26-24-43(56)5)52-22-12-10-18-41(52)3)58-38-59(55-31-29-48-35-49(62(7,8)9)34-47-28-30-54(58)61(55)60(47)48)64(51-21-15-17-40(2)33-51)57-37-46(27-25-44(57)6)53-23-13-11-19-42(53)4/h10-38,47,60H,1-9H3. The molecule has 0 bridgehead atoms. The summed E-state index contributed by atoms with van der Waals surface area (Å²) < 4.78 is 0. The topological polar surface area (TPSA) is 6.48 Å². The van der Waals surface area contributed by atoms with Crippen LogP contribution in [0.25, 0.3) is 34.4 Å². The molecule has 2 unspecified atom stereocenters. The number of hydrogen-bond acceptors (Lipinski definition) is 2. The summed E-state index contributed by atoms with van der Waals surface area (Å²) in [6, 6.07) is 52.1. The maximum Gasteiger partial charge on any atom is 0.0558 e. The van der Waals surface area contributed by atoms with Crippen molar-refractivity contribution in [3.8, 4) is 22.3 Å². The van der Waals surface area contributed by atoms with Crippen LogP contribution < -0.4 is 9.80 Å². The van der Waals surface area contributed by atoms with Crippen LogP contribution in [0.5, 0.6) is 0 Å². The third-order valence-corrected chi connectivity index (χ3v) is 13.8. The summed E-state index contributed by atoms with van der Waals surface area (Å²) >= 11 is 0. The van der Waals surface area contributed by atoms with Crippen molar-refractivity contribution in [2.45, 2.75) is 68.2 Å². The second kappa shape index (κ2) is 16.0. The van der Waals surface area contributed by atoms with Crippen LogP contribution in [0.1, 0.15) is 76.8 Å². The zero-order chi connectivity index (χ0) is 44.4. The van der Waals surface area contributed by atoms with Crippen LogP contribution >= 0.6 is 0 Å². The summed E-state index contributed by atoms with van der Waals surface area (Å²) in [4.78, 5) is 5.11. The molecule has 3 aliphatic carbocycles. The minimum atomic E-state index is 0.0381. The van der Waals surface area contributed by atoms with Gasteiger partial charge in [0.1, 0.15) is 0 Å². The normalized spacial score (nSPS) is 16.0. The lowest BCUT2D eigenvalue weighted by Crippen LogP contribution is -2.27. The molecule has 0 radical (unpaired) electrons. The van der Waals surface area contributed by atoms with Crippen molar-refractivity contribution >= 4 is 46.3 Å². The van der Waals surface area contributed by atoms with E-state index in [0.717, 1.165) is 11.4 Å². The smallest absolute Gasteiger partial charge is 0.0558 e. The summed E-state index contributed by atoms with van der Waals surface area (Å²) in [6.45, 7) is 20.4. The lowest BCUT2D eigenvalue weighted by Gasteiger charge is -2.42. The Morgan fingerprint density at radius 1 is 0.453 bits per heavy atom. The Morgan fingerprint density at radius 3 is 1.47 bits per heavy atom. The van der Waals surface area contributed by atoms with E-state index in [-0.39, 0.29) is 17.3 Å². The van der Waals surface area contributed by atoms with Gasteiger partial charge in [0.05, 0.1) is 11.4 Å². The van der Waals surface area contributed by atoms with E-state index < -0.39 is 0 Å². The molecule has 0 amide bonds. The minimum Gasteiger partial charge on any atom is -0.310 e. The number of allylic oxidation sites excluding steroid dienone is 6. The van der Waals surface area contributed by atoms with Crippen LogP contribution in [0.3, 0.4) is 0 Å². The number of rotatable bonds is 8. The van der Waals surface area contributed by atoms with E-state index in [1.807, 2.05) is 0 Å². The molecule has 0 saturated carbocycles. The Bertz CT molecular complexity index is 3120. The van der Waals surface area contributed by atoms with Crippen molar-refractivity contribution in [1.29, 1.82) is 0 Å². The molecule has 10 rings (SSSR count). The Balaban J connectivity index is 1.31. The molecule has 64 heavy (non-hydrogen) atoms. The van der Waals surface area contributed by atoms with Crippen molar-refractivity contribution in [2.75, 3.05) is 9.80 Å². The second-order valence-corrected chi connectivity index (χ2v) is 19.4. The molecule has 316 valence electrons. The van der Waals surface area contributed by atoms with Crippen LogP contribution in [0.15, 0.2) is 175 Å². The lowest BCUT2D eigenvalue weighted by atomic mass is 9.65. The summed E-state index contributed by atoms with van der Waals surface area (Å²) in [6.07, 6.45) is 14.8. The fourth-order valence-electron chi connectivity index (χ4n) is 10.3. The fourth-order valence-corrected chi connectivity index (χ4v) is 10.3. The maximum absolute atomic E-state index is 2.56. The van der Waals surface area contributed by atoms with E-state index in [4.69, 9.17) is 0 Å². The van der Waals surface area contributed by atoms with Gasteiger partial charge in [-0.25, -0.2) is 0 Å². The first-order valence-electron chi connectivity index (χ1n) is 22.9. The number of aryl methyl sites for hydroxylation is 6. The van der Waals surface area contributed by atoms with Gasteiger partial charge in [0.15, 0.2) is 0 Å². The third-order valence-electron chi connectivity index (χ3n) is 13.8. The lowest BCUT2D eigenvalue weighted by molar-refractivity contribution is 0.499. The van der Waals surface area contributed by atoms with Crippen LogP contribution in [0.2, 0.25) is 0 Å². The molecule has 0 heterocycles. The van der Waals surface area contributed by atoms with Gasteiger partial charge < -0.3 is 9.80 Å². The van der Waals surface area contributed by atoms with E-state index in [1.54, 1.807) is 0 Å². The quantitative estimate of drug-likeness (QED) is 0.151. The Morgan fingerprint density at radius 2 is 0.969 bits per heavy atom. The second-order valence-electron chi connectivity index (χ2n) is 19.4. The highest BCUT2D eigenvalue weighted by atomic mass is 15.2. The number of hydrogen-bond donors (Lipinski definition) is 0. The summed E-state index contributed by atoms with van der Waals surface area (Å²) in [7, 11) is 0. The predicted octanol–water partition coefficient (Wildman–Crippen LogP) is 17.5. The molecule has 0 saturated heterocycles. The first-order valence-corrected chi connectivity index (χ1v) is 22.9. The highest BCUT2D eigenvalue weighted by Gasteiger charge is 2.39. The molecular weight excluding hydrogens is 773 g/mol. The van der Waals surface area contributed by atoms with Gasteiger partial charge in [-0.2, -0.15) is 0 Å². The fraction of sp³-hybridized carbons (Fsp3) is 0.194. The van der Waals surface area contributed by atoms with Crippen molar-refractivity contribution in [2.24, 2.45) is 11.3 Å². The van der Waals surface area contributed by atoms with Crippen molar-refractivity contribution < 1.29 is 0 Å². The van der Waals surface area contributed by atoms with Gasteiger partial charge in [0.2, 0.25) is 0 Å². The summed E-state index contributed by atoms with van der Waals surface area (Å²) in [5.41, 5.74) is 26.1. The van der Waals surface area contributed by atoms with Gasteiger partial charge in [-0.1, -0.05) is 154 Å². The maximum atomic E-state index is 2.56. The van der Waals surface area contributed by atoms with Crippen LogP contribution in [-0.2, 0) is 0 Å². The minimum absolute atomic E-state index is 0.0381. The number of benzene rings is 7. The highest BCUT2D eigenvalue weighted by Crippen LogP contribution is 2.57. The van der Waals surface area contributed by atoms with Crippen LogP contribution in [0.4, 0.5) is 34.1 Å². The third kappa shape index (κ3) is 7.25. The molecule has 7 aromatic rings. The van der Waals surface area contributed by atoms with Crippen LogP contribution in [-0.4, -0.2) is 0 Å². The van der Waals surface area contributed by atoms with Crippen LogP contribution in [0, 0.1) is 52.9 Å². The first-order chi connectivity index (χ1) is 30.8. The molecule has 2 atom stereocenters. The molecule has 0 aliphatic heterocycles. The Kier molecular flexibility index (Phi) is 10.3. The zero-order valence-corrected chi connectivity index (χ0v) is 38.8. The Labute approximate surface area is 381 Å².